The van der Waals surface area contributed by atoms with Crippen LogP contribution in [-0.2, 0) is 9.53 Å². The third-order valence-corrected chi connectivity index (χ3v) is 2.45. The molecule has 0 saturated carbocycles. The summed E-state index contributed by atoms with van der Waals surface area (Å²) in [5, 5.41) is 6.48. The highest BCUT2D eigenvalue weighted by molar-refractivity contribution is 6.31. The number of hydrogen-bond acceptors (Lipinski definition) is 3. The molecule has 0 fully saturated rings. The zero-order chi connectivity index (χ0) is 10.8. The Balaban J connectivity index is 2.26. The van der Waals surface area contributed by atoms with E-state index >= 15 is 0 Å². The van der Waals surface area contributed by atoms with Gasteiger partial charge >= 0.3 is 0 Å². The van der Waals surface area contributed by atoms with Crippen molar-refractivity contribution in [2.45, 2.75) is 6.04 Å². The fourth-order valence-electron chi connectivity index (χ4n) is 1.50. The van der Waals surface area contributed by atoms with Crippen LogP contribution < -0.4 is 10.6 Å². The number of benzene rings is 1. The second-order valence-corrected chi connectivity index (χ2v) is 3.77. The van der Waals surface area contributed by atoms with Gasteiger partial charge in [-0.2, -0.15) is 0 Å². The van der Waals surface area contributed by atoms with Gasteiger partial charge in [0.1, 0.15) is 6.04 Å². The van der Waals surface area contributed by atoms with Crippen LogP contribution in [0.4, 0.5) is 11.4 Å². The predicted octanol–water partition coefficient (Wildman–Crippen LogP) is 1.72. The second kappa shape index (κ2) is 4.08. The highest BCUT2D eigenvalue weighted by Gasteiger charge is 2.24. The lowest BCUT2D eigenvalue weighted by molar-refractivity contribution is -0.118. The van der Waals surface area contributed by atoms with Gasteiger partial charge in [0.2, 0.25) is 5.91 Å². The zero-order valence-corrected chi connectivity index (χ0v) is 8.97. The van der Waals surface area contributed by atoms with Gasteiger partial charge in [-0.15, -0.1) is 0 Å². The number of methoxy groups -OCH3 is 1. The molecule has 1 atom stereocenters. The number of rotatable bonds is 2. The van der Waals surface area contributed by atoms with Gasteiger partial charge < -0.3 is 15.4 Å². The summed E-state index contributed by atoms with van der Waals surface area (Å²) < 4.78 is 4.94. The fourth-order valence-corrected chi connectivity index (χ4v) is 1.67. The molecule has 2 N–H and O–H groups in total. The molecule has 1 aliphatic rings. The molecule has 80 valence electrons. The van der Waals surface area contributed by atoms with Crippen molar-refractivity contribution in [3.8, 4) is 0 Å². The van der Waals surface area contributed by atoms with E-state index in [9.17, 15) is 4.79 Å². The molecule has 0 bridgehead atoms. The normalized spacial score (nSPS) is 19.1. The van der Waals surface area contributed by atoms with E-state index in [1.54, 1.807) is 25.3 Å². The molecule has 1 aromatic rings. The summed E-state index contributed by atoms with van der Waals surface area (Å²) in [6.07, 6.45) is 0. The summed E-state index contributed by atoms with van der Waals surface area (Å²) in [5.41, 5.74) is 1.57. The quantitative estimate of drug-likeness (QED) is 0.808. The molecular formula is C10H11ClN2O2. The summed E-state index contributed by atoms with van der Waals surface area (Å²) in [4.78, 5) is 11.5. The van der Waals surface area contributed by atoms with Gasteiger partial charge in [-0.1, -0.05) is 11.6 Å². The van der Waals surface area contributed by atoms with E-state index in [1.165, 1.54) is 0 Å². The smallest absolute Gasteiger partial charge is 0.249 e. The lowest BCUT2D eigenvalue weighted by Crippen LogP contribution is -2.41. The van der Waals surface area contributed by atoms with Gasteiger partial charge in [0.25, 0.3) is 0 Å². The third kappa shape index (κ3) is 2.06. The van der Waals surface area contributed by atoms with E-state index in [2.05, 4.69) is 10.6 Å². The molecular weight excluding hydrogens is 216 g/mol. The highest BCUT2D eigenvalue weighted by atomic mass is 35.5. The van der Waals surface area contributed by atoms with Crippen molar-refractivity contribution in [3.63, 3.8) is 0 Å². The van der Waals surface area contributed by atoms with E-state index in [4.69, 9.17) is 16.3 Å². The van der Waals surface area contributed by atoms with Crippen molar-refractivity contribution in [1.82, 2.24) is 0 Å². The first-order valence-corrected chi connectivity index (χ1v) is 4.94. The average molecular weight is 227 g/mol. The van der Waals surface area contributed by atoms with Crippen LogP contribution in [0.15, 0.2) is 18.2 Å². The largest absolute Gasteiger partial charge is 0.382 e. The first kappa shape index (κ1) is 10.3. The van der Waals surface area contributed by atoms with E-state index < -0.39 is 0 Å². The molecule has 1 unspecified atom stereocenters. The first-order chi connectivity index (χ1) is 7.20. The number of halogens is 1. The van der Waals surface area contributed by atoms with Crippen LogP contribution in [0, 0.1) is 0 Å². The number of carbonyl (C=O) groups excluding carboxylic acids is 1. The van der Waals surface area contributed by atoms with Gasteiger partial charge in [0.05, 0.1) is 18.0 Å². The maximum Gasteiger partial charge on any atom is 0.249 e. The minimum Gasteiger partial charge on any atom is -0.382 e. The number of anilines is 2. The summed E-state index contributed by atoms with van der Waals surface area (Å²) in [6, 6.07) is 4.92. The molecule has 1 amide bonds. The third-order valence-electron chi connectivity index (χ3n) is 2.22. The van der Waals surface area contributed by atoms with Crippen molar-refractivity contribution in [3.05, 3.63) is 23.2 Å². The van der Waals surface area contributed by atoms with Crippen LogP contribution in [0.25, 0.3) is 0 Å². The Bertz CT molecular complexity index is 395. The molecule has 4 nitrogen and oxygen atoms in total. The van der Waals surface area contributed by atoms with Crippen LogP contribution in [0.5, 0.6) is 0 Å². The van der Waals surface area contributed by atoms with E-state index in [-0.39, 0.29) is 11.9 Å². The Hall–Kier alpha value is -1.26. The van der Waals surface area contributed by atoms with Gasteiger partial charge in [-0.3, -0.25) is 4.79 Å². The Labute approximate surface area is 92.6 Å². The summed E-state index contributed by atoms with van der Waals surface area (Å²) in [5.74, 6) is -0.0910. The highest BCUT2D eigenvalue weighted by Crippen LogP contribution is 2.29. The number of amides is 1. The zero-order valence-electron chi connectivity index (χ0n) is 8.21. The number of ether oxygens (including phenoxy) is 1. The van der Waals surface area contributed by atoms with Crippen LogP contribution in [0.3, 0.4) is 0 Å². The molecule has 1 aromatic carbocycles. The number of nitrogens with one attached hydrogen (secondary N) is 2. The van der Waals surface area contributed by atoms with Crippen molar-refractivity contribution < 1.29 is 9.53 Å². The van der Waals surface area contributed by atoms with Gasteiger partial charge in [-0.05, 0) is 18.2 Å². The van der Waals surface area contributed by atoms with Crippen LogP contribution in [-0.4, -0.2) is 25.7 Å². The number of carbonyl (C=O) groups is 1. The van der Waals surface area contributed by atoms with Gasteiger partial charge in [0, 0.05) is 12.1 Å². The molecule has 15 heavy (non-hydrogen) atoms. The average Bonchev–Trinajstić information content (AvgIpc) is 2.20. The molecule has 1 heterocycles. The molecule has 0 saturated heterocycles. The summed E-state index contributed by atoms with van der Waals surface area (Å²) in [6.45, 7) is 0.331. The fraction of sp³-hybridized carbons (Fsp3) is 0.300. The van der Waals surface area contributed by atoms with Crippen molar-refractivity contribution in [2.75, 3.05) is 24.4 Å². The van der Waals surface area contributed by atoms with Crippen molar-refractivity contribution in [2.24, 2.45) is 0 Å². The summed E-state index contributed by atoms with van der Waals surface area (Å²) in [7, 11) is 1.56. The van der Waals surface area contributed by atoms with E-state index in [0.29, 0.717) is 11.6 Å². The first-order valence-electron chi connectivity index (χ1n) is 4.56. The minimum absolute atomic E-state index is 0.0910. The molecule has 0 spiro atoms. The van der Waals surface area contributed by atoms with Gasteiger partial charge in [0.15, 0.2) is 0 Å². The van der Waals surface area contributed by atoms with Crippen molar-refractivity contribution in [1.29, 1.82) is 0 Å². The van der Waals surface area contributed by atoms with Crippen LogP contribution in [0.1, 0.15) is 0 Å². The molecule has 0 radical (unpaired) electrons. The topological polar surface area (TPSA) is 50.4 Å². The Morgan fingerprint density at radius 2 is 2.27 bits per heavy atom. The molecule has 1 aliphatic heterocycles. The predicted molar refractivity (Wildman–Crippen MR) is 59.4 cm³/mol. The number of fused-ring (bicyclic) bond motifs is 1. The standard InChI is InChI=1S/C10H11ClN2O2/c1-15-5-9-10(14)13-7-3-2-6(11)4-8(7)12-9/h2-4,9,12H,5H2,1H3,(H,13,14). The maximum absolute atomic E-state index is 11.5. The maximum atomic E-state index is 11.5. The van der Waals surface area contributed by atoms with Gasteiger partial charge in [-0.25, -0.2) is 0 Å². The van der Waals surface area contributed by atoms with Crippen molar-refractivity contribution >= 4 is 28.9 Å². The lowest BCUT2D eigenvalue weighted by Gasteiger charge is -2.26. The SMILES string of the molecule is COCC1Nc2cc(Cl)ccc2NC1=O. The molecule has 2 rings (SSSR count). The molecule has 0 aliphatic carbocycles. The number of hydrogen-bond donors (Lipinski definition) is 2. The van der Waals surface area contributed by atoms with E-state index in [0.717, 1.165) is 11.4 Å². The minimum atomic E-state index is -0.360. The Morgan fingerprint density at radius 1 is 1.47 bits per heavy atom. The lowest BCUT2D eigenvalue weighted by atomic mass is 10.1. The van der Waals surface area contributed by atoms with Crippen LogP contribution in [0.2, 0.25) is 5.02 Å². The van der Waals surface area contributed by atoms with Crippen LogP contribution >= 0.6 is 11.6 Å². The Kier molecular flexibility index (Phi) is 2.79. The Morgan fingerprint density at radius 3 is 3.00 bits per heavy atom. The monoisotopic (exact) mass is 226 g/mol. The summed E-state index contributed by atoms with van der Waals surface area (Å²) >= 11 is 5.85. The van der Waals surface area contributed by atoms with E-state index in [1.807, 2.05) is 0 Å². The molecule has 0 aromatic heterocycles. The molecule has 5 heteroatoms. The second-order valence-electron chi connectivity index (χ2n) is 3.33.